The molecule has 0 saturated carbocycles. The minimum absolute atomic E-state index is 0.331. The number of thiophene rings is 1. The Bertz CT molecular complexity index is 578. The van der Waals surface area contributed by atoms with Crippen molar-refractivity contribution >= 4 is 43.2 Å². The zero-order chi connectivity index (χ0) is 14.0. The number of hydrogen-bond acceptors (Lipinski definition) is 2. The molecule has 0 spiro atoms. The van der Waals surface area contributed by atoms with Crippen molar-refractivity contribution in [1.82, 2.24) is 5.32 Å². The number of hydrogen-bond donors (Lipinski definition) is 1. The predicted octanol–water partition coefficient (Wildman–Crippen LogP) is 5.39. The molecular weight excluding hydrogens is 386 g/mol. The van der Waals surface area contributed by atoms with Crippen LogP contribution in [0.4, 0.5) is 0 Å². The van der Waals surface area contributed by atoms with Gasteiger partial charge in [0.05, 0.1) is 7.57 Å². The number of aryl methyl sites for hydroxylation is 2. The van der Waals surface area contributed by atoms with E-state index in [9.17, 15) is 0 Å². The maximum Gasteiger partial charge on any atom is 0.0758 e. The summed E-state index contributed by atoms with van der Waals surface area (Å²) in [7, 11) is 2.02. The van der Waals surface area contributed by atoms with Gasteiger partial charge in [-0.3, -0.25) is 0 Å². The minimum atomic E-state index is 0.331. The summed E-state index contributed by atoms with van der Waals surface area (Å²) >= 11 is 8.93. The van der Waals surface area contributed by atoms with Gasteiger partial charge in [0.15, 0.2) is 0 Å². The highest BCUT2D eigenvalue weighted by molar-refractivity contribution is 9.12. The quantitative estimate of drug-likeness (QED) is 0.722. The smallest absolute Gasteiger partial charge is 0.0758 e. The first-order chi connectivity index (χ1) is 9.01. The van der Waals surface area contributed by atoms with Gasteiger partial charge in [-0.15, -0.1) is 11.3 Å². The van der Waals surface area contributed by atoms with Gasteiger partial charge in [0.2, 0.25) is 0 Å². The van der Waals surface area contributed by atoms with E-state index in [1.54, 1.807) is 11.3 Å². The van der Waals surface area contributed by atoms with Crippen molar-refractivity contribution in [2.24, 2.45) is 0 Å². The summed E-state index contributed by atoms with van der Waals surface area (Å²) in [6.07, 6.45) is 1.01. The number of benzene rings is 1. The molecule has 0 fully saturated rings. The molecule has 1 atom stereocenters. The first-order valence-electron chi connectivity index (χ1n) is 6.19. The third-order valence-corrected chi connectivity index (χ3v) is 5.72. The van der Waals surface area contributed by atoms with Gasteiger partial charge in [-0.1, -0.05) is 23.8 Å². The van der Waals surface area contributed by atoms with Crippen LogP contribution in [0.2, 0.25) is 0 Å². The van der Waals surface area contributed by atoms with Crippen molar-refractivity contribution in [3.8, 4) is 0 Å². The van der Waals surface area contributed by atoms with Gasteiger partial charge in [-0.05, 0) is 81.9 Å². The average Bonchev–Trinajstić information content (AvgIpc) is 2.69. The second-order valence-corrected chi connectivity index (χ2v) is 8.50. The lowest BCUT2D eigenvalue weighted by molar-refractivity contribution is 0.590. The lowest BCUT2D eigenvalue weighted by Crippen LogP contribution is -2.19. The minimum Gasteiger partial charge on any atom is -0.313 e. The lowest BCUT2D eigenvalue weighted by Gasteiger charge is -2.17. The fraction of sp³-hybridized carbons (Fsp3) is 0.333. The normalized spacial score (nSPS) is 12.7. The molecule has 1 nitrogen and oxygen atoms in total. The monoisotopic (exact) mass is 401 g/mol. The molecule has 1 N–H and O–H groups in total. The molecular formula is C15H17Br2NS. The van der Waals surface area contributed by atoms with Crippen LogP contribution in [-0.4, -0.2) is 7.05 Å². The van der Waals surface area contributed by atoms with Gasteiger partial charge in [0, 0.05) is 6.04 Å². The number of nitrogens with one attached hydrogen (secondary N) is 1. The van der Waals surface area contributed by atoms with Crippen LogP contribution in [-0.2, 0) is 6.42 Å². The van der Waals surface area contributed by atoms with Crippen molar-refractivity contribution in [2.75, 3.05) is 7.05 Å². The Morgan fingerprint density at radius 3 is 2.53 bits per heavy atom. The van der Waals surface area contributed by atoms with Crippen molar-refractivity contribution in [3.05, 3.63) is 54.1 Å². The molecule has 102 valence electrons. The first-order valence-corrected chi connectivity index (χ1v) is 8.59. The Morgan fingerprint density at radius 1 is 1.21 bits per heavy atom. The predicted molar refractivity (Wildman–Crippen MR) is 91.1 cm³/mol. The van der Waals surface area contributed by atoms with E-state index in [4.69, 9.17) is 0 Å². The van der Waals surface area contributed by atoms with E-state index in [0.29, 0.717) is 6.04 Å². The highest BCUT2D eigenvalue weighted by Crippen LogP contribution is 2.36. The van der Waals surface area contributed by atoms with Gasteiger partial charge in [-0.2, -0.15) is 0 Å². The molecule has 0 aliphatic rings. The second kappa shape index (κ2) is 6.53. The lowest BCUT2D eigenvalue weighted by atomic mass is 9.96. The Labute approximate surface area is 135 Å². The average molecular weight is 403 g/mol. The molecule has 1 aromatic carbocycles. The van der Waals surface area contributed by atoms with Gasteiger partial charge < -0.3 is 5.32 Å². The van der Waals surface area contributed by atoms with E-state index in [-0.39, 0.29) is 0 Å². The third kappa shape index (κ3) is 3.69. The number of rotatable bonds is 4. The van der Waals surface area contributed by atoms with Crippen molar-refractivity contribution in [1.29, 1.82) is 0 Å². The Kier molecular flexibility index (Phi) is 5.23. The fourth-order valence-corrected chi connectivity index (χ4v) is 5.17. The highest BCUT2D eigenvalue weighted by atomic mass is 79.9. The van der Waals surface area contributed by atoms with E-state index in [1.807, 2.05) is 7.05 Å². The summed E-state index contributed by atoms with van der Waals surface area (Å²) in [4.78, 5) is 0. The summed E-state index contributed by atoms with van der Waals surface area (Å²) in [6.45, 7) is 4.33. The largest absolute Gasteiger partial charge is 0.313 e. The van der Waals surface area contributed by atoms with Crippen molar-refractivity contribution in [3.63, 3.8) is 0 Å². The Balaban J connectivity index is 2.29. The van der Waals surface area contributed by atoms with Gasteiger partial charge >= 0.3 is 0 Å². The molecule has 2 aromatic rings. The van der Waals surface area contributed by atoms with Crippen LogP contribution in [0.15, 0.2) is 31.8 Å². The molecule has 0 aliphatic heterocycles. The molecule has 0 aliphatic carbocycles. The molecule has 0 bridgehead atoms. The van der Waals surface area contributed by atoms with Crippen LogP contribution in [0.5, 0.6) is 0 Å². The molecule has 4 heteroatoms. The van der Waals surface area contributed by atoms with Crippen LogP contribution in [0, 0.1) is 13.8 Å². The maximum atomic E-state index is 3.65. The molecule has 1 aromatic heterocycles. The second-order valence-electron chi connectivity index (χ2n) is 4.75. The van der Waals surface area contributed by atoms with Crippen LogP contribution in [0.1, 0.15) is 28.3 Å². The van der Waals surface area contributed by atoms with Crippen LogP contribution in [0.25, 0.3) is 0 Å². The summed E-state index contributed by atoms with van der Waals surface area (Å²) in [5.74, 6) is 0. The van der Waals surface area contributed by atoms with Crippen molar-refractivity contribution in [2.45, 2.75) is 26.3 Å². The molecule has 1 unspecified atom stereocenters. The summed E-state index contributed by atoms with van der Waals surface area (Å²) < 4.78 is 2.36. The standard InChI is InChI=1S/C15H17Br2NS/c1-9-4-5-10(2)11(6-9)7-13(18-3)12-8-14(16)19-15(12)17/h4-6,8,13,18H,7H2,1-3H3. The summed E-state index contributed by atoms with van der Waals surface area (Å²) in [5.41, 5.74) is 5.41. The van der Waals surface area contributed by atoms with E-state index in [2.05, 4.69) is 75.3 Å². The Morgan fingerprint density at radius 2 is 1.95 bits per heavy atom. The fourth-order valence-electron chi connectivity index (χ4n) is 2.20. The zero-order valence-electron chi connectivity index (χ0n) is 11.3. The van der Waals surface area contributed by atoms with E-state index in [1.165, 1.54) is 26.0 Å². The Hall–Kier alpha value is -0.160. The topological polar surface area (TPSA) is 12.0 Å². The van der Waals surface area contributed by atoms with Gasteiger partial charge in [-0.25, -0.2) is 0 Å². The molecule has 0 radical (unpaired) electrons. The molecule has 19 heavy (non-hydrogen) atoms. The van der Waals surface area contributed by atoms with Gasteiger partial charge in [0.25, 0.3) is 0 Å². The van der Waals surface area contributed by atoms with Gasteiger partial charge in [0.1, 0.15) is 0 Å². The number of halogens is 2. The zero-order valence-corrected chi connectivity index (χ0v) is 15.2. The summed E-state index contributed by atoms with van der Waals surface area (Å²) in [6, 6.07) is 9.19. The first kappa shape index (κ1) is 15.2. The SMILES string of the molecule is CNC(Cc1cc(C)ccc1C)c1cc(Br)sc1Br. The highest BCUT2D eigenvalue weighted by Gasteiger charge is 2.17. The van der Waals surface area contributed by atoms with E-state index < -0.39 is 0 Å². The third-order valence-electron chi connectivity index (χ3n) is 3.34. The maximum absolute atomic E-state index is 3.65. The van der Waals surface area contributed by atoms with Crippen molar-refractivity contribution < 1.29 is 0 Å². The molecule has 0 saturated heterocycles. The number of likely N-dealkylation sites (N-methyl/N-ethyl adjacent to an activating group) is 1. The van der Waals surface area contributed by atoms with Crippen LogP contribution >= 0.6 is 43.2 Å². The van der Waals surface area contributed by atoms with E-state index >= 15 is 0 Å². The van der Waals surface area contributed by atoms with Crippen LogP contribution in [0.3, 0.4) is 0 Å². The van der Waals surface area contributed by atoms with E-state index in [0.717, 1.165) is 10.2 Å². The summed E-state index contributed by atoms with van der Waals surface area (Å²) in [5, 5.41) is 3.42. The molecule has 1 heterocycles. The molecule has 0 amide bonds. The molecule has 2 rings (SSSR count). The van der Waals surface area contributed by atoms with Crippen LogP contribution < -0.4 is 5.32 Å².